The number of nitrogens with two attached hydrogens (primary N) is 1. The van der Waals surface area contributed by atoms with E-state index in [2.05, 4.69) is 15.4 Å². The normalized spacial score (nSPS) is 11.2. The summed E-state index contributed by atoms with van der Waals surface area (Å²) < 4.78 is 1.62. The van der Waals surface area contributed by atoms with Gasteiger partial charge in [-0.3, -0.25) is 9.78 Å². The molecule has 2 rings (SSSR count). The summed E-state index contributed by atoms with van der Waals surface area (Å²) in [6.45, 7) is 4.50. The molecule has 0 aliphatic carbocycles. The highest BCUT2D eigenvalue weighted by molar-refractivity contribution is 6.00. The van der Waals surface area contributed by atoms with Crippen molar-refractivity contribution in [2.24, 2.45) is 5.73 Å². The predicted molar refractivity (Wildman–Crippen MR) is 80.1 cm³/mol. The Morgan fingerprint density at radius 2 is 2.10 bits per heavy atom. The van der Waals surface area contributed by atoms with Crippen molar-refractivity contribution in [3.8, 4) is 0 Å². The third-order valence-corrected chi connectivity index (χ3v) is 3.58. The number of rotatable bonds is 5. The number of aromatic nitrogens is 3. The zero-order valence-corrected chi connectivity index (χ0v) is 12.5. The smallest absolute Gasteiger partial charge is 0.255 e. The fourth-order valence-electron chi connectivity index (χ4n) is 1.86. The molecule has 0 saturated heterocycles. The molecule has 0 fully saturated rings. The quantitative estimate of drug-likeness (QED) is 0.873. The van der Waals surface area contributed by atoms with E-state index >= 15 is 0 Å². The first-order valence-corrected chi connectivity index (χ1v) is 6.44. The second-order valence-corrected chi connectivity index (χ2v) is 4.72. The van der Waals surface area contributed by atoms with Gasteiger partial charge in [-0.05, 0) is 12.8 Å². The van der Waals surface area contributed by atoms with E-state index in [9.17, 15) is 4.79 Å². The number of carbonyl (C=O) groups is 1. The van der Waals surface area contributed by atoms with Crippen LogP contribution in [0.5, 0.6) is 0 Å². The van der Waals surface area contributed by atoms with Gasteiger partial charge in [0, 0.05) is 24.5 Å². The topological polar surface area (TPSA) is 85.3 Å². The summed E-state index contributed by atoms with van der Waals surface area (Å²) in [5.41, 5.74) is 7.02. The van der Waals surface area contributed by atoms with Gasteiger partial charge in [0.05, 0.1) is 23.5 Å². The van der Waals surface area contributed by atoms with Gasteiger partial charge in [0.25, 0.3) is 5.91 Å². The molecule has 2 aromatic rings. The minimum atomic E-state index is -0.350. The highest BCUT2D eigenvalue weighted by Crippen LogP contribution is 2.11. The maximum absolute atomic E-state index is 12.2. The van der Waals surface area contributed by atoms with Gasteiger partial charge in [0.1, 0.15) is 0 Å². The lowest BCUT2D eigenvalue weighted by Crippen LogP contribution is -2.49. The number of halogens is 1. The molecular formula is C13H20ClN5O. The average Bonchev–Trinajstić information content (AvgIpc) is 2.88. The molecule has 3 N–H and O–H groups in total. The molecule has 7 heteroatoms. The molecule has 6 nitrogen and oxygen atoms in total. The molecule has 0 saturated carbocycles. The third kappa shape index (κ3) is 3.26. The lowest BCUT2D eigenvalue weighted by Gasteiger charge is -2.26. The van der Waals surface area contributed by atoms with Crippen LogP contribution >= 0.6 is 12.4 Å². The Morgan fingerprint density at radius 1 is 1.40 bits per heavy atom. The SMILES string of the molecule is CCC(N)(CC)CNC(=O)c1cnn2ccncc12.Cl. The molecule has 2 aromatic heterocycles. The molecule has 2 heterocycles. The van der Waals surface area contributed by atoms with Gasteiger partial charge in [-0.25, -0.2) is 4.52 Å². The van der Waals surface area contributed by atoms with E-state index in [1.807, 2.05) is 13.8 Å². The standard InChI is InChI=1S/C13H19N5O.ClH/c1-3-13(14,4-2)9-16-12(19)10-7-17-18-6-5-15-8-11(10)18;/h5-8H,3-4,9,14H2,1-2H3,(H,16,19);1H. The van der Waals surface area contributed by atoms with Crippen molar-refractivity contribution >= 4 is 23.8 Å². The van der Waals surface area contributed by atoms with E-state index in [0.29, 0.717) is 17.6 Å². The van der Waals surface area contributed by atoms with Crippen LogP contribution in [0.4, 0.5) is 0 Å². The summed E-state index contributed by atoms with van der Waals surface area (Å²) in [7, 11) is 0. The van der Waals surface area contributed by atoms with Crippen molar-refractivity contribution < 1.29 is 4.79 Å². The Bertz CT molecular complexity index is 579. The van der Waals surface area contributed by atoms with Gasteiger partial charge in [-0.15, -0.1) is 12.4 Å². The number of hydrogen-bond acceptors (Lipinski definition) is 4. The Kier molecular flexibility index (Phi) is 5.47. The summed E-state index contributed by atoms with van der Waals surface area (Å²) in [5.74, 6) is -0.167. The van der Waals surface area contributed by atoms with Crippen molar-refractivity contribution in [1.29, 1.82) is 0 Å². The lowest BCUT2D eigenvalue weighted by molar-refractivity contribution is 0.0944. The van der Waals surface area contributed by atoms with Crippen LogP contribution in [0.25, 0.3) is 5.52 Å². The molecule has 0 unspecified atom stereocenters. The van der Waals surface area contributed by atoms with Crippen molar-refractivity contribution in [3.63, 3.8) is 0 Å². The monoisotopic (exact) mass is 297 g/mol. The van der Waals surface area contributed by atoms with Gasteiger partial charge in [-0.2, -0.15) is 5.10 Å². The van der Waals surface area contributed by atoms with Gasteiger partial charge >= 0.3 is 0 Å². The highest BCUT2D eigenvalue weighted by Gasteiger charge is 2.22. The van der Waals surface area contributed by atoms with E-state index in [1.165, 1.54) is 0 Å². The van der Waals surface area contributed by atoms with Crippen LogP contribution in [0.2, 0.25) is 0 Å². The summed E-state index contributed by atoms with van der Waals surface area (Å²) in [4.78, 5) is 16.2. The van der Waals surface area contributed by atoms with Crippen molar-refractivity contribution in [1.82, 2.24) is 19.9 Å². The largest absolute Gasteiger partial charge is 0.350 e. The molecule has 0 aliphatic rings. The van der Waals surface area contributed by atoms with E-state index < -0.39 is 0 Å². The van der Waals surface area contributed by atoms with Crippen LogP contribution in [-0.2, 0) is 0 Å². The van der Waals surface area contributed by atoms with Crippen molar-refractivity contribution in [2.45, 2.75) is 32.2 Å². The molecular weight excluding hydrogens is 278 g/mol. The van der Waals surface area contributed by atoms with Gasteiger partial charge in [0.15, 0.2) is 0 Å². The van der Waals surface area contributed by atoms with Crippen molar-refractivity contribution in [2.75, 3.05) is 6.54 Å². The second-order valence-electron chi connectivity index (χ2n) is 4.72. The lowest BCUT2D eigenvalue weighted by atomic mass is 9.94. The Hall–Kier alpha value is -1.66. The molecule has 0 atom stereocenters. The fourth-order valence-corrected chi connectivity index (χ4v) is 1.86. The third-order valence-electron chi connectivity index (χ3n) is 3.58. The van der Waals surface area contributed by atoms with Crippen molar-refractivity contribution in [3.05, 3.63) is 30.4 Å². The van der Waals surface area contributed by atoms with E-state index in [4.69, 9.17) is 5.73 Å². The predicted octanol–water partition coefficient (Wildman–Crippen LogP) is 1.40. The second kappa shape index (κ2) is 6.67. The summed E-state index contributed by atoms with van der Waals surface area (Å²) in [6.07, 6.45) is 8.14. The maximum atomic E-state index is 12.2. The van der Waals surface area contributed by atoms with Crippen LogP contribution in [0.3, 0.4) is 0 Å². The maximum Gasteiger partial charge on any atom is 0.255 e. The van der Waals surface area contributed by atoms with Crippen LogP contribution < -0.4 is 11.1 Å². The first-order valence-electron chi connectivity index (χ1n) is 6.44. The van der Waals surface area contributed by atoms with Crippen LogP contribution in [-0.4, -0.2) is 32.6 Å². The number of nitrogens with one attached hydrogen (secondary N) is 1. The minimum Gasteiger partial charge on any atom is -0.350 e. The minimum absolute atomic E-state index is 0. The Labute approximate surface area is 124 Å². The van der Waals surface area contributed by atoms with Gasteiger partial charge < -0.3 is 11.1 Å². The molecule has 0 bridgehead atoms. The van der Waals surface area contributed by atoms with Crippen LogP contribution in [0.15, 0.2) is 24.8 Å². The molecule has 0 aliphatic heterocycles. The number of carbonyl (C=O) groups excluding carboxylic acids is 1. The van der Waals surface area contributed by atoms with Gasteiger partial charge in [0.2, 0.25) is 0 Å². The zero-order chi connectivity index (χ0) is 13.9. The van der Waals surface area contributed by atoms with Crippen LogP contribution in [0, 0.1) is 0 Å². The molecule has 0 radical (unpaired) electrons. The first kappa shape index (κ1) is 16.4. The molecule has 20 heavy (non-hydrogen) atoms. The first-order chi connectivity index (χ1) is 9.09. The summed E-state index contributed by atoms with van der Waals surface area (Å²) in [5, 5.41) is 6.98. The van der Waals surface area contributed by atoms with E-state index in [1.54, 1.807) is 29.3 Å². The summed E-state index contributed by atoms with van der Waals surface area (Å²) in [6, 6.07) is 0. The molecule has 0 aromatic carbocycles. The number of nitrogens with zero attached hydrogens (tertiary/aromatic N) is 3. The Balaban J connectivity index is 0.00000200. The Morgan fingerprint density at radius 3 is 2.75 bits per heavy atom. The van der Waals surface area contributed by atoms with E-state index in [0.717, 1.165) is 12.8 Å². The fraction of sp³-hybridized carbons (Fsp3) is 0.462. The number of hydrogen-bond donors (Lipinski definition) is 2. The molecule has 1 amide bonds. The average molecular weight is 298 g/mol. The number of fused-ring (bicyclic) bond motifs is 1. The zero-order valence-electron chi connectivity index (χ0n) is 11.7. The number of amides is 1. The summed E-state index contributed by atoms with van der Waals surface area (Å²) >= 11 is 0. The van der Waals surface area contributed by atoms with Crippen LogP contribution in [0.1, 0.15) is 37.0 Å². The molecule has 110 valence electrons. The van der Waals surface area contributed by atoms with E-state index in [-0.39, 0.29) is 23.9 Å². The molecule has 0 spiro atoms. The van der Waals surface area contributed by atoms with Gasteiger partial charge in [-0.1, -0.05) is 13.8 Å². The highest BCUT2D eigenvalue weighted by atomic mass is 35.5.